The van der Waals surface area contributed by atoms with Crippen LogP contribution in [0.25, 0.3) is 11.0 Å². The maximum atomic E-state index is 13.5. The quantitative estimate of drug-likeness (QED) is 0.442. The van der Waals surface area contributed by atoms with Gasteiger partial charge in [-0.25, -0.2) is 0 Å². The van der Waals surface area contributed by atoms with E-state index in [0.29, 0.717) is 11.3 Å². The molecule has 3 aromatic carbocycles. The lowest BCUT2D eigenvalue weighted by atomic mass is 9.98. The Morgan fingerprint density at radius 2 is 1.72 bits per heavy atom. The van der Waals surface area contributed by atoms with Crippen molar-refractivity contribution < 1.29 is 31.9 Å². The number of hydrogen-bond donors (Lipinski definition) is 1. The van der Waals surface area contributed by atoms with Gasteiger partial charge in [-0.05, 0) is 48.0 Å². The van der Waals surface area contributed by atoms with Crippen LogP contribution in [-0.2, 0) is 11.0 Å². The minimum Gasteiger partial charge on any atom is -0.484 e. The van der Waals surface area contributed by atoms with E-state index in [9.17, 15) is 27.6 Å². The number of carbonyl (C=O) groups is 2. The number of ether oxygens (including phenoxy) is 1. The summed E-state index contributed by atoms with van der Waals surface area (Å²) in [5.74, 6) is -1.35. The van der Waals surface area contributed by atoms with E-state index in [2.05, 4.69) is 0 Å². The van der Waals surface area contributed by atoms with Crippen LogP contribution >= 0.6 is 0 Å². The number of rotatable bonds is 5. The van der Waals surface area contributed by atoms with E-state index in [1.807, 2.05) is 0 Å². The van der Waals surface area contributed by atoms with Gasteiger partial charge >= 0.3 is 6.18 Å². The monoisotopic (exact) mass is 494 g/mol. The van der Waals surface area contributed by atoms with Gasteiger partial charge in [0, 0.05) is 5.69 Å². The first-order valence-electron chi connectivity index (χ1n) is 10.7. The van der Waals surface area contributed by atoms with Gasteiger partial charge in [-0.2, -0.15) is 13.2 Å². The average molecular weight is 494 g/mol. The number of primary amides is 1. The number of para-hydroxylation sites is 1. The van der Waals surface area contributed by atoms with E-state index in [4.69, 9.17) is 14.9 Å². The zero-order chi connectivity index (χ0) is 25.6. The second-order valence-corrected chi connectivity index (χ2v) is 8.12. The van der Waals surface area contributed by atoms with Crippen molar-refractivity contribution in [2.45, 2.75) is 12.2 Å². The van der Waals surface area contributed by atoms with Crippen LogP contribution in [0.15, 0.2) is 82.0 Å². The average Bonchev–Trinajstić information content (AvgIpc) is 3.15. The molecule has 2 amide bonds. The predicted molar refractivity (Wildman–Crippen MR) is 124 cm³/mol. The Morgan fingerprint density at radius 3 is 2.42 bits per heavy atom. The summed E-state index contributed by atoms with van der Waals surface area (Å²) >= 11 is 0. The van der Waals surface area contributed by atoms with Crippen LogP contribution in [0, 0.1) is 0 Å². The molecule has 0 aliphatic carbocycles. The number of alkyl halides is 3. The van der Waals surface area contributed by atoms with E-state index < -0.39 is 35.0 Å². The second-order valence-electron chi connectivity index (χ2n) is 8.12. The van der Waals surface area contributed by atoms with Crippen LogP contribution in [0.3, 0.4) is 0 Å². The number of anilines is 1. The minimum absolute atomic E-state index is 0.0157. The maximum Gasteiger partial charge on any atom is 0.416 e. The van der Waals surface area contributed by atoms with Gasteiger partial charge in [-0.15, -0.1) is 0 Å². The molecule has 0 fully saturated rings. The number of halogens is 3. The van der Waals surface area contributed by atoms with Crippen LogP contribution in [-0.4, -0.2) is 18.4 Å². The molecule has 0 saturated carbocycles. The van der Waals surface area contributed by atoms with Gasteiger partial charge in [0.15, 0.2) is 12.0 Å². The second kappa shape index (κ2) is 8.56. The van der Waals surface area contributed by atoms with E-state index in [1.165, 1.54) is 30.3 Å². The third kappa shape index (κ3) is 3.96. The Bertz CT molecular complexity index is 1560. The summed E-state index contributed by atoms with van der Waals surface area (Å²) in [7, 11) is 0. The Kier molecular flexibility index (Phi) is 5.51. The number of hydrogen-bond acceptors (Lipinski definition) is 5. The summed E-state index contributed by atoms with van der Waals surface area (Å²) in [6.07, 6.45) is -4.64. The molecule has 1 aromatic heterocycles. The van der Waals surface area contributed by atoms with Crippen LogP contribution < -0.4 is 20.8 Å². The Labute approximate surface area is 201 Å². The molecule has 36 heavy (non-hydrogen) atoms. The number of benzene rings is 3. The normalized spacial score (nSPS) is 15.2. The number of nitrogens with zero attached hydrogens (tertiary/aromatic N) is 1. The molecule has 5 rings (SSSR count). The molecule has 1 aliphatic rings. The summed E-state index contributed by atoms with van der Waals surface area (Å²) in [4.78, 5) is 39.1. The topological polar surface area (TPSA) is 103 Å². The molecule has 182 valence electrons. The van der Waals surface area contributed by atoms with Gasteiger partial charge in [0.2, 0.25) is 5.76 Å². The van der Waals surface area contributed by atoms with Crippen molar-refractivity contribution in [3.05, 3.63) is 105 Å². The maximum absolute atomic E-state index is 13.5. The lowest BCUT2D eigenvalue weighted by molar-refractivity contribution is -0.137. The highest BCUT2D eigenvalue weighted by atomic mass is 19.4. The van der Waals surface area contributed by atoms with Gasteiger partial charge in [0.1, 0.15) is 11.3 Å². The Hall–Kier alpha value is -4.60. The fourth-order valence-corrected chi connectivity index (χ4v) is 4.23. The number of fused-ring (bicyclic) bond motifs is 2. The summed E-state index contributed by atoms with van der Waals surface area (Å²) < 4.78 is 51.4. The van der Waals surface area contributed by atoms with Crippen LogP contribution in [0.2, 0.25) is 0 Å². The van der Waals surface area contributed by atoms with Crippen LogP contribution in [0.4, 0.5) is 18.9 Å². The highest BCUT2D eigenvalue weighted by Crippen LogP contribution is 2.42. The third-order valence-corrected chi connectivity index (χ3v) is 5.81. The molecular formula is C26H17F3N2O5. The number of carbonyl (C=O) groups excluding carboxylic acids is 2. The molecule has 2 heterocycles. The van der Waals surface area contributed by atoms with Crippen molar-refractivity contribution in [2.75, 3.05) is 11.5 Å². The fourth-order valence-electron chi connectivity index (χ4n) is 4.23. The highest BCUT2D eigenvalue weighted by Gasteiger charge is 2.44. The van der Waals surface area contributed by atoms with Crippen LogP contribution in [0.5, 0.6) is 5.75 Å². The third-order valence-electron chi connectivity index (χ3n) is 5.81. The molecule has 0 radical (unpaired) electrons. The molecular weight excluding hydrogens is 477 g/mol. The molecule has 0 saturated heterocycles. The van der Waals surface area contributed by atoms with Crippen molar-refractivity contribution in [1.82, 2.24) is 0 Å². The lowest BCUT2D eigenvalue weighted by Crippen LogP contribution is -2.29. The van der Waals surface area contributed by atoms with Gasteiger partial charge < -0.3 is 14.9 Å². The number of amides is 2. The van der Waals surface area contributed by atoms with Crippen molar-refractivity contribution in [1.29, 1.82) is 0 Å². The van der Waals surface area contributed by atoms with Crippen molar-refractivity contribution >= 4 is 28.5 Å². The Balaban J connectivity index is 1.69. The van der Waals surface area contributed by atoms with E-state index in [-0.39, 0.29) is 34.6 Å². The fraction of sp³-hybridized carbons (Fsp3) is 0.115. The summed E-state index contributed by atoms with van der Waals surface area (Å²) in [6, 6.07) is 15.7. The molecule has 1 atom stereocenters. The summed E-state index contributed by atoms with van der Waals surface area (Å²) in [5, 5.41) is 0.237. The Morgan fingerprint density at radius 1 is 1.00 bits per heavy atom. The smallest absolute Gasteiger partial charge is 0.416 e. The van der Waals surface area contributed by atoms with Crippen molar-refractivity contribution in [3.63, 3.8) is 0 Å². The molecule has 2 N–H and O–H groups in total. The zero-order valence-corrected chi connectivity index (χ0v) is 18.4. The molecule has 0 spiro atoms. The van der Waals surface area contributed by atoms with E-state index >= 15 is 0 Å². The molecule has 4 aromatic rings. The lowest BCUT2D eigenvalue weighted by Gasteiger charge is -2.26. The van der Waals surface area contributed by atoms with Gasteiger partial charge in [0.05, 0.1) is 22.6 Å². The SMILES string of the molecule is NC(=O)COc1ccc(C2c3c(oc4ccccc4c3=O)C(=O)N2c2cccc(C(F)(F)F)c2)cc1. The minimum atomic E-state index is -4.64. The van der Waals surface area contributed by atoms with Gasteiger partial charge in [-0.3, -0.25) is 19.3 Å². The van der Waals surface area contributed by atoms with Crippen LogP contribution in [0.1, 0.15) is 33.3 Å². The van der Waals surface area contributed by atoms with Gasteiger partial charge in [-0.1, -0.05) is 30.3 Å². The summed E-state index contributed by atoms with van der Waals surface area (Å²) in [5.41, 5.74) is 4.26. The first-order valence-corrected chi connectivity index (χ1v) is 10.7. The molecule has 1 unspecified atom stereocenters. The van der Waals surface area contributed by atoms with Gasteiger partial charge in [0.25, 0.3) is 11.8 Å². The standard InChI is InChI=1S/C26H17F3N2O5/c27-26(28,29)15-4-3-5-16(12-15)31-22(14-8-10-17(11-9-14)35-13-20(30)32)21-23(33)18-6-1-2-7-19(18)36-24(21)25(31)34/h1-12,22H,13H2,(H2,30,32). The molecule has 7 nitrogen and oxygen atoms in total. The first-order chi connectivity index (χ1) is 17.1. The summed E-state index contributed by atoms with van der Waals surface area (Å²) in [6.45, 7) is -0.351. The predicted octanol–water partition coefficient (Wildman–Crippen LogP) is 4.43. The largest absolute Gasteiger partial charge is 0.484 e. The highest BCUT2D eigenvalue weighted by molar-refractivity contribution is 6.10. The van der Waals surface area contributed by atoms with E-state index in [1.54, 1.807) is 30.3 Å². The molecule has 0 bridgehead atoms. The first kappa shape index (κ1) is 23.2. The molecule has 10 heteroatoms. The van der Waals surface area contributed by atoms with Crippen molar-refractivity contribution in [3.8, 4) is 5.75 Å². The van der Waals surface area contributed by atoms with Crippen molar-refractivity contribution in [2.24, 2.45) is 5.73 Å². The molecule has 1 aliphatic heterocycles. The van der Waals surface area contributed by atoms with E-state index in [0.717, 1.165) is 17.0 Å². The number of nitrogens with two attached hydrogens (primary N) is 1. The zero-order valence-electron chi connectivity index (χ0n) is 18.4.